The van der Waals surface area contributed by atoms with Crippen LogP contribution >= 0.6 is 11.3 Å². The molecule has 8 heteroatoms. The van der Waals surface area contributed by atoms with E-state index in [2.05, 4.69) is 19.9 Å². The second-order valence-electron chi connectivity index (χ2n) is 7.60. The van der Waals surface area contributed by atoms with Gasteiger partial charge in [-0.05, 0) is 13.8 Å². The van der Waals surface area contributed by atoms with Gasteiger partial charge in [-0.15, -0.1) is 11.3 Å². The van der Waals surface area contributed by atoms with Crippen LogP contribution < -0.4 is 9.80 Å². The van der Waals surface area contributed by atoms with Crippen molar-refractivity contribution in [2.45, 2.75) is 13.8 Å². The molecule has 1 saturated heterocycles. The molecule has 1 aliphatic heterocycles. The lowest BCUT2D eigenvalue weighted by molar-refractivity contribution is 0.0750. The average molecular weight is 423 g/mol. The van der Waals surface area contributed by atoms with Gasteiger partial charge < -0.3 is 14.7 Å². The molecule has 0 spiro atoms. The van der Waals surface area contributed by atoms with Gasteiger partial charge in [0.2, 0.25) is 0 Å². The molecule has 2 aromatic heterocycles. The van der Waals surface area contributed by atoms with E-state index in [1.54, 1.807) is 0 Å². The Morgan fingerprint density at radius 2 is 1.70 bits per heavy atom. The lowest BCUT2D eigenvalue weighted by atomic mass is 10.2. The largest absolute Gasteiger partial charge is 0.363 e. The number of piperazine rings is 1. The first kappa shape index (κ1) is 20.3. The summed E-state index contributed by atoms with van der Waals surface area (Å²) in [7, 11) is 3.95. The number of aromatic nitrogens is 3. The normalized spacial score (nSPS) is 14.1. The van der Waals surface area contributed by atoms with E-state index in [0.717, 1.165) is 51.7 Å². The molecule has 30 heavy (non-hydrogen) atoms. The van der Waals surface area contributed by atoms with Crippen molar-refractivity contribution < 1.29 is 4.79 Å². The fraction of sp³-hybridized carbons (Fsp3) is 0.364. The number of anilines is 2. The summed E-state index contributed by atoms with van der Waals surface area (Å²) in [6, 6.07) is 12.0. The van der Waals surface area contributed by atoms with Crippen molar-refractivity contribution in [3.8, 4) is 10.6 Å². The predicted molar refractivity (Wildman–Crippen MR) is 121 cm³/mol. The van der Waals surface area contributed by atoms with Crippen LogP contribution in [0, 0.1) is 13.8 Å². The van der Waals surface area contributed by atoms with Gasteiger partial charge in [0.15, 0.2) is 0 Å². The molecule has 0 atom stereocenters. The molecule has 4 rings (SSSR count). The summed E-state index contributed by atoms with van der Waals surface area (Å²) >= 11 is 1.48. The molecule has 1 aliphatic rings. The van der Waals surface area contributed by atoms with Crippen molar-refractivity contribution in [1.82, 2.24) is 19.9 Å². The summed E-state index contributed by atoms with van der Waals surface area (Å²) < 4.78 is 0. The summed E-state index contributed by atoms with van der Waals surface area (Å²) in [5.74, 6) is 2.63. The first-order valence-corrected chi connectivity index (χ1v) is 10.8. The Hall–Kier alpha value is -3.00. The molecule has 0 N–H and O–H groups in total. The minimum atomic E-state index is 0.0691. The fourth-order valence-electron chi connectivity index (χ4n) is 3.51. The lowest BCUT2D eigenvalue weighted by Crippen LogP contribution is -2.49. The van der Waals surface area contributed by atoms with Gasteiger partial charge in [0.05, 0.1) is 5.69 Å². The lowest BCUT2D eigenvalue weighted by Gasteiger charge is -2.35. The van der Waals surface area contributed by atoms with Gasteiger partial charge in [-0.25, -0.2) is 15.0 Å². The molecule has 3 heterocycles. The molecular weight excluding hydrogens is 396 g/mol. The van der Waals surface area contributed by atoms with E-state index in [1.165, 1.54) is 11.3 Å². The second kappa shape index (κ2) is 8.39. The standard InChI is InChI=1S/C22H26N6OS/c1-15-20(30-21(23-15)17-8-6-5-7-9-17)22(29)28-12-10-27(11-13-28)19-14-18(26(3)4)24-16(2)25-19/h5-9,14H,10-13H2,1-4H3. The van der Waals surface area contributed by atoms with Gasteiger partial charge in [0, 0.05) is 51.9 Å². The number of amides is 1. The Balaban J connectivity index is 1.46. The van der Waals surface area contributed by atoms with Crippen molar-refractivity contribution >= 4 is 28.9 Å². The van der Waals surface area contributed by atoms with Crippen LogP contribution in [0.5, 0.6) is 0 Å². The van der Waals surface area contributed by atoms with Gasteiger partial charge in [-0.1, -0.05) is 30.3 Å². The van der Waals surface area contributed by atoms with Crippen LogP contribution in [0.2, 0.25) is 0 Å². The topological polar surface area (TPSA) is 65.5 Å². The molecule has 1 aromatic carbocycles. The molecule has 1 fully saturated rings. The van der Waals surface area contributed by atoms with Crippen molar-refractivity contribution in [3.05, 3.63) is 52.8 Å². The van der Waals surface area contributed by atoms with E-state index in [4.69, 9.17) is 0 Å². The zero-order chi connectivity index (χ0) is 21.3. The molecule has 0 saturated carbocycles. The maximum atomic E-state index is 13.2. The Bertz CT molecular complexity index is 1040. The van der Waals surface area contributed by atoms with E-state index in [1.807, 2.05) is 74.1 Å². The van der Waals surface area contributed by atoms with E-state index in [-0.39, 0.29) is 5.91 Å². The zero-order valence-electron chi connectivity index (χ0n) is 17.8. The molecule has 0 bridgehead atoms. The SMILES string of the molecule is Cc1nc(N(C)C)cc(N2CCN(C(=O)c3sc(-c4ccccc4)nc3C)CC2)n1. The number of benzene rings is 1. The maximum absolute atomic E-state index is 13.2. The van der Waals surface area contributed by atoms with Gasteiger partial charge in [0.1, 0.15) is 27.3 Å². The molecule has 0 aliphatic carbocycles. The third-order valence-electron chi connectivity index (χ3n) is 5.17. The summed E-state index contributed by atoms with van der Waals surface area (Å²) in [6.45, 7) is 6.65. The van der Waals surface area contributed by atoms with Gasteiger partial charge >= 0.3 is 0 Å². The number of hydrogen-bond donors (Lipinski definition) is 0. The Morgan fingerprint density at radius 1 is 1.00 bits per heavy atom. The number of nitrogens with zero attached hydrogens (tertiary/aromatic N) is 6. The number of hydrogen-bond acceptors (Lipinski definition) is 7. The maximum Gasteiger partial charge on any atom is 0.265 e. The van der Waals surface area contributed by atoms with Crippen molar-refractivity contribution in [3.63, 3.8) is 0 Å². The second-order valence-corrected chi connectivity index (χ2v) is 8.60. The van der Waals surface area contributed by atoms with E-state index in [9.17, 15) is 4.79 Å². The molecule has 1 amide bonds. The van der Waals surface area contributed by atoms with Gasteiger partial charge in [0.25, 0.3) is 5.91 Å². The molecular formula is C22H26N6OS. The van der Waals surface area contributed by atoms with E-state index >= 15 is 0 Å². The summed E-state index contributed by atoms with van der Waals surface area (Å²) in [4.78, 5) is 33.7. The predicted octanol–water partition coefficient (Wildman–Crippen LogP) is 3.25. The third-order valence-corrected chi connectivity index (χ3v) is 6.37. The summed E-state index contributed by atoms with van der Waals surface area (Å²) in [5.41, 5.74) is 1.85. The first-order chi connectivity index (χ1) is 14.4. The Labute approximate surface area is 181 Å². The highest BCUT2D eigenvalue weighted by atomic mass is 32.1. The van der Waals surface area contributed by atoms with Crippen LogP contribution in [-0.4, -0.2) is 66.0 Å². The Kier molecular flexibility index (Phi) is 5.67. The number of carbonyl (C=O) groups excluding carboxylic acids is 1. The summed E-state index contributed by atoms with van der Waals surface area (Å²) in [5, 5.41) is 0.891. The highest BCUT2D eigenvalue weighted by Crippen LogP contribution is 2.29. The quantitative estimate of drug-likeness (QED) is 0.643. The third kappa shape index (κ3) is 4.14. The molecule has 0 unspecified atom stereocenters. The van der Waals surface area contributed by atoms with Crippen LogP contribution in [0.15, 0.2) is 36.4 Å². The van der Waals surface area contributed by atoms with Crippen LogP contribution in [0.25, 0.3) is 10.6 Å². The molecule has 156 valence electrons. The van der Waals surface area contributed by atoms with Crippen molar-refractivity contribution in [2.24, 2.45) is 0 Å². The van der Waals surface area contributed by atoms with E-state index < -0.39 is 0 Å². The zero-order valence-corrected chi connectivity index (χ0v) is 18.6. The number of carbonyl (C=O) groups is 1. The first-order valence-electron chi connectivity index (χ1n) is 10.0. The average Bonchev–Trinajstić information content (AvgIpc) is 3.15. The summed E-state index contributed by atoms with van der Waals surface area (Å²) in [6.07, 6.45) is 0. The highest BCUT2D eigenvalue weighted by Gasteiger charge is 2.26. The van der Waals surface area contributed by atoms with Crippen LogP contribution in [0.1, 0.15) is 21.2 Å². The molecule has 0 radical (unpaired) electrons. The van der Waals surface area contributed by atoms with Crippen LogP contribution in [0.3, 0.4) is 0 Å². The molecule has 3 aromatic rings. The van der Waals surface area contributed by atoms with Crippen molar-refractivity contribution in [2.75, 3.05) is 50.1 Å². The van der Waals surface area contributed by atoms with Gasteiger partial charge in [-0.2, -0.15) is 0 Å². The number of thiazole rings is 1. The number of rotatable bonds is 4. The fourth-order valence-corrected chi connectivity index (χ4v) is 4.55. The monoisotopic (exact) mass is 422 g/mol. The van der Waals surface area contributed by atoms with Crippen molar-refractivity contribution in [1.29, 1.82) is 0 Å². The number of aryl methyl sites for hydroxylation is 2. The minimum absolute atomic E-state index is 0.0691. The van der Waals surface area contributed by atoms with Crippen LogP contribution in [0.4, 0.5) is 11.6 Å². The van der Waals surface area contributed by atoms with Crippen LogP contribution in [-0.2, 0) is 0 Å². The van der Waals surface area contributed by atoms with Gasteiger partial charge in [-0.3, -0.25) is 4.79 Å². The highest BCUT2D eigenvalue weighted by molar-refractivity contribution is 7.17. The minimum Gasteiger partial charge on any atom is -0.363 e. The van der Waals surface area contributed by atoms with E-state index in [0.29, 0.717) is 13.1 Å². The smallest absolute Gasteiger partial charge is 0.265 e. The Morgan fingerprint density at radius 3 is 2.37 bits per heavy atom. The molecule has 7 nitrogen and oxygen atoms in total.